The Balaban J connectivity index is 1.59. The molecule has 0 spiro atoms. The Labute approximate surface area is 173 Å². The van der Waals surface area contributed by atoms with Gasteiger partial charge in [-0.15, -0.1) is 5.10 Å². The molecule has 0 unspecified atom stereocenters. The molecule has 3 aromatic rings. The minimum absolute atomic E-state index is 0.257. The molecule has 30 heavy (non-hydrogen) atoms. The maximum absolute atomic E-state index is 12.4. The van der Waals surface area contributed by atoms with E-state index in [1.807, 2.05) is 13.0 Å². The molecule has 1 N–H and O–H groups in total. The van der Waals surface area contributed by atoms with Crippen molar-refractivity contribution in [2.45, 2.75) is 33.0 Å². The summed E-state index contributed by atoms with van der Waals surface area (Å²) in [5.41, 5.74) is 2.56. The third-order valence-corrected chi connectivity index (χ3v) is 4.62. The van der Waals surface area contributed by atoms with Gasteiger partial charge in [0.2, 0.25) is 0 Å². The Morgan fingerprint density at radius 3 is 2.57 bits per heavy atom. The molecule has 1 aromatic heterocycles. The van der Waals surface area contributed by atoms with Crippen molar-refractivity contribution in [3.63, 3.8) is 0 Å². The zero-order valence-corrected chi connectivity index (χ0v) is 17.3. The van der Waals surface area contributed by atoms with Crippen LogP contribution in [0.4, 0.5) is 0 Å². The van der Waals surface area contributed by atoms with E-state index in [1.165, 1.54) is 6.92 Å². The Hall–Kier alpha value is -3.62. The molecule has 0 bridgehead atoms. The van der Waals surface area contributed by atoms with Crippen LogP contribution in [0.5, 0.6) is 11.5 Å². The summed E-state index contributed by atoms with van der Waals surface area (Å²) in [7, 11) is 3.10. The fourth-order valence-corrected chi connectivity index (χ4v) is 2.94. The highest BCUT2D eigenvalue weighted by atomic mass is 16.5. The van der Waals surface area contributed by atoms with Crippen molar-refractivity contribution in [3.05, 3.63) is 47.5 Å². The number of ether oxygens (including phenoxy) is 3. The first-order chi connectivity index (χ1) is 14.5. The molecule has 0 aliphatic rings. The average Bonchev–Trinajstić information content (AvgIpc) is 3.19. The van der Waals surface area contributed by atoms with Crippen LogP contribution in [0, 0.1) is 0 Å². The van der Waals surface area contributed by atoms with Crippen molar-refractivity contribution in [3.8, 4) is 11.5 Å². The van der Waals surface area contributed by atoms with Crippen molar-refractivity contribution in [1.29, 1.82) is 0 Å². The lowest BCUT2D eigenvalue weighted by atomic mass is 10.2. The van der Waals surface area contributed by atoms with E-state index < -0.39 is 18.0 Å². The molecule has 158 valence electrons. The lowest BCUT2D eigenvalue weighted by molar-refractivity contribution is -0.129. The zero-order chi connectivity index (χ0) is 21.7. The first-order valence-corrected chi connectivity index (χ1v) is 9.49. The number of hydrogen-bond acceptors (Lipinski definition) is 7. The number of hydrogen-bond donors (Lipinski definition) is 1. The van der Waals surface area contributed by atoms with Gasteiger partial charge >= 0.3 is 5.97 Å². The van der Waals surface area contributed by atoms with Crippen LogP contribution in [-0.4, -0.2) is 47.2 Å². The van der Waals surface area contributed by atoms with Gasteiger partial charge < -0.3 is 19.5 Å². The number of fused-ring (bicyclic) bond motifs is 1. The third-order valence-electron chi connectivity index (χ3n) is 4.62. The predicted octanol–water partition coefficient (Wildman–Crippen LogP) is 2.33. The molecule has 1 heterocycles. The van der Waals surface area contributed by atoms with E-state index in [9.17, 15) is 9.59 Å². The fourth-order valence-electron chi connectivity index (χ4n) is 2.94. The molecule has 0 radical (unpaired) electrons. The van der Waals surface area contributed by atoms with Gasteiger partial charge in [-0.05, 0) is 49.7 Å². The van der Waals surface area contributed by atoms with Crippen LogP contribution in [0.1, 0.15) is 29.8 Å². The van der Waals surface area contributed by atoms with Gasteiger partial charge in [0.25, 0.3) is 5.91 Å². The Bertz CT molecular complexity index is 1060. The van der Waals surface area contributed by atoms with Gasteiger partial charge in [-0.25, -0.2) is 9.48 Å². The van der Waals surface area contributed by atoms with Crippen molar-refractivity contribution in [2.75, 3.05) is 14.2 Å². The van der Waals surface area contributed by atoms with E-state index in [1.54, 1.807) is 49.2 Å². The summed E-state index contributed by atoms with van der Waals surface area (Å²) in [6.45, 7) is 4.41. The summed E-state index contributed by atoms with van der Waals surface area (Å²) < 4.78 is 17.5. The van der Waals surface area contributed by atoms with E-state index in [2.05, 4.69) is 15.6 Å². The summed E-state index contributed by atoms with van der Waals surface area (Å²) in [5.74, 6) is 0.165. The minimum Gasteiger partial charge on any atom is -0.493 e. The second kappa shape index (κ2) is 9.25. The molecule has 0 fully saturated rings. The van der Waals surface area contributed by atoms with E-state index in [-0.39, 0.29) is 6.54 Å². The zero-order valence-electron chi connectivity index (χ0n) is 17.3. The maximum atomic E-state index is 12.4. The maximum Gasteiger partial charge on any atom is 0.338 e. The largest absolute Gasteiger partial charge is 0.493 e. The summed E-state index contributed by atoms with van der Waals surface area (Å²) in [6, 6.07) is 10.3. The van der Waals surface area contributed by atoms with Crippen LogP contribution in [0.3, 0.4) is 0 Å². The number of nitrogens with one attached hydrogen (secondary N) is 1. The third kappa shape index (κ3) is 4.51. The normalized spacial score (nSPS) is 11.7. The SMILES string of the molecule is CCn1nnc2cc(C(=O)O[C@@H](C)C(=O)NCc3ccc(OC)c(OC)c3)ccc21. The Morgan fingerprint density at radius 2 is 1.87 bits per heavy atom. The van der Waals surface area contributed by atoms with Gasteiger partial charge in [-0.1, -0.05) is 11.3 Å². The second-order valence-corrected chi connectivity index (χ2v) is 6.56. The van der Waals surface area contributed by atoms with E-state index >= 15 is 0 Å². The van der Waals surface area contributed by atoms with Crippen LogP contribution >= 0.6 is 0 Å². The topological polar surface area (TPSA) is 105 Å². The minimum atomic E-state index is -0.959. The average molecular weight is 412 g/mol. The predicted molar refractivity (Wildman–Crippen MR) is 109 cm³/mol. The highest BCUT2D eigenvalue weighted by Gasteiger charge is 2.20. The molecule has 9 heteroatoms. The van der Waals surface area contributed by atoms with Crippen LogP contribution in [0.25, 0.3) is 11.0 Å². The van der Waals surface area contributed by atoms with Gasteiger partial charge in [0.1, 0.15) is 5.52 Å². The van der Waals surface area contributed by atoms with E-state index in [4.69, 9.17) is 14.2 Å². The van der Waals surface area contributed by atoms with Crippen LogP contribution < -0.4 is 14.8 Å². The molecule has 1 amide bonds. The van der Waals surface area contributed by atoms with E-state index in [0.717, 1.165) is 11.1 Å². The van der Waals surface area contributed by atoms with Gasteiger partial charge in [-0.2, -0.15) is 0 Å². The number of aromatic nitrogens is 3. The first-order valence-electron chi connectivity index (χ1n) is 9.49. The standard InChI is InChI=1S/C21H24N4O5/c1-5-25-17-8-7-15(11-16(17)23-24-25)21(27)30-13(2)20(26)22-12-14-6-9-18(28-3)19(10-14)29-4/h6-11,13H,5,12H2,1-4H3,(H,22,26)/t13-/m0/s1. The summed E-state index contributed by atoms with van der Waals surface area (Å²) in [5, 5.41) is 10.8. The number of rotatable bonds is 8. The molecule has 0 aliphatic heterocycles. The number of carbonyl (C=O) groups is 2. The van der Waals surface area contributed by atoms with Gasteiger partial charge in [0.05, 0.1) is 25.3 Å². The molecule has 0 saturated carbocycles. The lowest BCUT2D eigenvalue weighted by Crippen LogP contribution is -2.35. The van der Waals surface area contributed by atoms with Crippen molar-refractivity contribution >= 4 is 22.9 Å². The van der Waals surface area contributed by atoms with Gasteiger partial charge in [0, 0.05) is 13.1 Å². The molecular weight excluding hydrogens is 388 g/mol. The first kappa shape index (κ1) is 21.1. The van der Waals surface area contributed by atoms with Crippen LogP contribution in [0.2, 0.25) is 0 Å². The molecular formula is C21H24N4O5. The number of aryl methyl sites for hydroxylation is 1. The quantitative estimate of drug-likeness (QED) is 0.566. The molecule has 2 aromatic carbocycles. The molecule has 3 rings (SSSR count). The van der Waals surface area contributed by atoms with E-state index in [0.29, 0.717) is 29.1 Å². The highest BCUT2D eigenvalue weighted by molar-refractivity contribution is 5.95. The highest BCUT2D eigenvalue weighted by Crippen LogP contribution is 2.27. The van der Waals surface area contributed by atoms with Gasteiger partial charge in [-0.3, -0.25) is 4.79 Å². The summed E-state index contributed by atoms with van der Waals surface area (Å²) in [4.78, 5) is 24.8. The number of esters is 1. The van der Waals surface area contributed by atoms with Crippen molar-refractivity contribution in [2.24, 2.45) is 0 Å². The molecule has 0 saturated heterocycles. The molecule has 1 atom stereocenters. The van der Waals surface area contributed by atoms with Crippen LogP contribution in [-0.2, 0) is 22.6 Å². The van der Waals surface area contributed by atoms with Gasteiger partial charge in [0.15, 0.2) is 17.6 Å². The summed E-state index contributed by atoms with van der Waals surface area (Å²) >= 11 is 0. The Morgan fingerprint density at radius 1 is 1.10 bits per heavy atom. The monoisotopic (exact) mass is 412 g/mol. The summed E-state index contributed by atoms with van der Waals surface area (Å²) in [6.07, 6.45) is -0.959. The number of amides is 1. The molecule has 0 aliphatic carbocycles. The Kier molecular flexibility index (Phi) is 6.51. The number of methoxy groups -OCH3 is 2. The lowest BCUT2D eigenvalue weighted by Gasteiger charge is -2.14. The number of nitrogens with zero attached hydrogens (tertiary/aromatic N) is 3. The molecule has 9 nitrogen and oxygen atoms in total. The van der Waals surface area contributed by atoms with Crippen molar-refractivity contribution < 1.29 is 23.8 Å². The number of benzene rings is 2. The van der Waals surface area contributed by atoms with Crippen LogP contribution in [0.15, 0.2) is 36.4 Å². The fraction of sp³-hybridized carbons (Fsp3) is 0.333. The van der Waals surface area contributed by atoms with Crippen molar-refractivity contribution in [1.82, 2.24) is 20.3 Å². The second-order valence-electron chi connectivity index (χ2n) is 6.56. The number of carbonyl (C=O) groups excluding carboxylic acids is 2. The smallest absolute Gasteiger partial charge is 0.338 e.